The summed E-state index contributed by atoms with van der Waals surface area (Å²) >= 11 is 9.70. The maximum Gasteiger partial charge on any atom is 0.125 e. The molecule has 2 nitrogen and oxygen atoms in total. The summed E-state index contributed by atoms with van der Waals surface area (Å²) in [4.78, 5) is 2.27. The zero-order chi connectivity index (χ0) is 14.9. The number of piperazine rings is 1. The van der Waals surface area contributed by atoms with Crippen molar-refractivity contribution in [2.45, 2.75) is 39.3 Å². The van der Waals surface area contributed by atoms with E-state index >= 15 is 0 Å². The summed E-state index contributed by atoms with van der Waals surface area (Å²) in [6.45, 7) is 8.42. The van der Waals surface area contributed by atoms with Crippen LogP contribution in [-0.2, 0) is 0 Å². The van der Waals surface area contributed by atoms with Gasteiger partial charge in [0.1, 0.15) is 5.82 Å². The Morgan fingerprint density at radius 2 is 2.20 bits per heavy atom. The van der Waals surface area contributed by atoms with Crippen LogP contribution in [-0.4, -0.2) is 25.2 Å². The lowest BCUT2D eigenvalue weighted by Crippen LogP contribution is -2.56. The minimum absolute atomic E-state index is 0.313. The first-order valence-corrected chi connectivity index (χ1v) is 8.20. The van der Waals surface area contributed by atoms with Gasteiger partial charge in [-0.05, 0) is 47.3 Å². The number of nitrogens with zero attached hydrogens (tertiary/aromatic N) is 1. The molecular weight excluding hydrogens is 343 g/mol. The van der Waals surface area contributed by atoms with Crippen molar-refractivity contribution >= 4 is 33.2 Å². The predicted molar refractivity (Wildman–Crippen MR) is 87.2 cm³/mol. The molecule has 0 aromatic heterocycles. The van der Waals surface area contributed by atoms with Crippen LogP contribution >= 0.6 is 27.5 Å². The van der Waals surface area contributed by atoms with E-state index in [1.165, 1.54) is 12.1 Å². The van der Waals surface area contributed by atoms with E-state index in [-0.39, 0.29) is 5.82 Å². The fraction of sp³-hybridized carbons (Fsp3) is 0.600. The van der Waals surface area contributed by atoms with Gasteiger partial charge < -0.3 is 10.2 Å². The van der Waals surface area contributed by atoms with Gasteiger partial charge in [0.2, 0.25) is 0 Å². The molecule has 0 saturated carbocycles. The molecule has 20 heavy (non-hydrogen) atoms. The van der Waals surface area contributed by atoms with E-state index in [4.69, 9.17) is 11.6 Å². The monoisotopic (exact) mass is 362 g/mol. The maximum atomic E-state index is 13.4. The smallest absolute Gasteiger partial charge is 0.125 e. The van der Waals surface area contributed by atoms with Crippen molar-refractivity contribution in [1.29, 1.82) is 0 Å². The number of benzene rings is 1. The second-order valence-corrected chi connectivity index (χ2v) is 7.22. The Morgan fingerprint density at radius 3 is 2.80 bits per heavy atom. The van der Waals surface area contributed by atoms with Crippen molar-refractivity contribution in [2.24, 2.45) is 5.92 Å². The molecule has 0 aliphatic carbocycles. The minimum atomic E-state index is -0.313. The van der Waals surface area contributed by atoms with E-state index in [0.717, 1.165) is 29.7 Å². The van der Waals surface area contributed by atoms with Crippen LogP contribution < -0.4 is 10.2 Å². The number of hydrogen-bond acceptors (Lipinski definition) is 2. The molecule has 1 fully saturated rings. The van der Waals surface area contributed by atoms with Crippen LogP contribution in [0.4, 0.5) is 10.1 Å². The molecule has 0 amide bonds. The Hall–Kier alpha value is -0.320. The molecule has 1 heterocycles. The van der Waals surface area contributed by atoms with Gasteiger partial charge in [-0.25, -0.2) is 4.39 Å². The molecule has 112 valence electrons. The molecule has 1 aromatic carbocycles. The average molecular weight is 364 g/mol. The maximum absolute atomic E-state index is 13.4. The summed E-state index contributed by atoms with van der Waals surface area (Å²) in [6.07, 6.45) is 1.12. The van der Waals surface area contributed by atoms with Gasteiger partial charge in [-0.2, -0.15) is 0 Å². The molecular formula is C15H21BrClFN2. The fourth-order valence-corrected chi connectivity index (χ4v) is 3.87. The normalized spacial score (nSPS) is 23.4. The van der Waals surface area contributed by atoms with Crippen LogP contribution in [0.5, 0.6) is 0 Å². The number of rotatable bonds is 3. The largest absolute Gasteiger partial charge is 0.364 e. The molecule has 0 spiro atoms. The standard InChI is InChI=1S/C15H21BrClFN2/c1-9(2)4-12-8-20(10(3)7-19-12)15-13(16)5-11(18)6-14(15)17/h5-6,9-10,12,19H,4,7-8H2,1-3H3. The summed E-state index contributed by atoms with van der Waals surface area (Å²) < 4.78 is 14.1. The van der Waals surface area contributed by atoms with Crippen molar-refractivity contribution in [3.05, 3.63) is 27.4 Å². The Labute approximate surface area is 133 Å². The molecule has 0 radical (unpaired) electrons. The molecule has 1 N–H and O–H groups in total. The Bertz CT molecular complexity index is 458. The Kier molecular flexibility index (Phi) is 5.32. The molecule has 2 atom stereocenters. The molecule has 1 aliphatic rings. The highest BCUT2D eigenvalue weighted by atomic mass is 79.9. The summed E-state index contributed by atoms with van der Waals surface area (Å²) in [5.41, 5.74) is 0.899. The number of halogens is 3. The first-order valence-electron chi connectivity index (χ1n) is 7.03. The highest BCUT2D eigenvalue weighted by Crippen LogP contribution is 2.37. The molecule has 2 rings (SSSR count). The lowest BCUT2D eigenvalue weighted by Gasteiger charge is -2.41. The SMILES string of the molecule is CC(C)CC1CN(c2c(Cl)cc(F)cc2Br)C(C)CN1. The van der Waals surface area contributed by atoms with Crippen molar-refractivity contribution < 1.29 is 4.39 Å². The third-order valence-electron chi connectivity index (χ3n) is 3.68. The lowest BCUT2D eigenvalue weighted by molar-refractivity contribution is 0.355. The third-order valence-corrected chi connectivity index (χ3v) is 4.57. The summed E-state index contributed by atoms with van der Waals surface area (Å²) in [6, 6.07) is 3.64. The molecule has 5 heteroatoms. The number of nitrogens with one attached hydrogen (secondary N) is 1. The molecule has 2 unspecified atom stereocenters. The zero-order valence-corrected chi connectivity index (χ0v) is 14.4. The third kappa shape index (κ3) is 3.66. The van der Waals surface area contributed by atoms with Crippen molar-refractivity contribution in [2.75, 3.05) is 18.0 Å². The lowest BCUT2D eigenvalue weighted by atomic mass is 9.99. The van der Waals surface area contributed by atoms with E-state index in [1.807, 2.05) is 0 Å². The first-order chi connectivity index (χ1) is 9.38. The van der Waals surface area contributed by atoms with Gasteiger partial charge in [-0.1, -0.05) is 25.4 Å². The van der Waals surface area contributed by atoms with Gasteiger partial charge in [0.25, 0.3) is 0 Å². The van der Waals surface area contributed by atoms with Crippen LogP contribution in [0.15, 0.2) is 16.6 Å². The molecule has 1 saturated heterocycles. The van der Waals surface area contributed by atoms with E-state index in [2.05, 4.69) is 46.9 Å². The van der Waals surface area contributed by atoms with Crippen LogP contribution in [0, 0.1) is 11.7 Å². The summed E-state index contributed by atoms with van der Waals surface area (Å²) in [5, 5.41) is 4.04. The summed E-state index contributed by atoms with van der Waals surface area (Å²) in [7, 11) is 0. The van der Waals surface area contributed by atoms with E-state index in [9.17, 15) is 4.39 Å². The average Bonchev–Trinajstić information content (AvgIpc) is 2.31. The van der Waals surface area contributed by atoms with Gasteiger partial charge in [0, 0.05) is 29.6 Å². The topological polar surface area (TPSA) is 15.3 Å². The van der Waals surface area contributed by atoms with E-state index in [0.29, 0.717) is 23.0 Å². The van der Waals surface area contributed by atoms with Gasteiger partial charge >= 0.3 is 0 Å². The van der Waals surface area contributed by atoms with Crippen molar-refractivity contribution in [1.82, 2.24) is 5.32 Å². The Balaban J connectivity index is 2.25. The van der Waals surface area contributed by atoms with Crippen molar-refractivity contribution in [3.63, 3.8) is 0 Å². The van der Waals surface area contributed by atoms with Crippen LogP contribution in [0.2, 0.25) is 5.02 Å². The van der Waals surface area contributed by atoms with Crippen LogP contribution in [0.25, 0.3) is 0 Å². The van der Waals surface area contributed by atoms with Crippen LogP contribution in [0.3, 0.4) is 0 Å². The van der Waals surface area contributed by atoms with Crippen LogP contribution in [0.1, 0.15) is 27.2 Å². The van der Waals surface area contributed by atoms with Gasteiger partial charge in [-0.3, -0.25) is 0 Å². The quantitative estimate of drug-likeness (QED) is 0.853. The fourth-order valence-electron chi connectivity index (χ4n) is 2.78. The number of anilines is 1. The second kappa shape index (κ2) is 6.63. The van der Waals surface area contributed by atoms with E-state index in [1.54, 1.807) is 0 Å². The van der Waals surface area contributed by atoms with Gasteiger partial charge in [0.05, 0.1) is 10.7 Å². The second-order valence-electron chi connectivity index (χ2n) is 5.95. The zero-order valence-electron chi connectivity index (χ0n) is 12.1. The minimum Gasteiger partial charge on any atom is -0.364 e. The Morgan fingerprint density at radius 1 is 1.50 bits per heavy atom. The highest BCUT2D eigenvalue weighted by molar-refractivity contribution is 9.10. The van der Waals surface area contributed by atoms with E-state index < -0.39 is 0 Å². The summed E-state index contributed by atoms with van der Waals surface area (Å²) in [5.74, 6) is 0.335. The molecule has 1 aromatic rings. The molecule has 0 bridgehead atoms. The van der Waals surface area contributed by atoms with Crippen molar-refractivity contribution in [3.8, 4) is 0 Å². The highest BCUT2D eigenvalue weighted by Gasteiger charge is 2.28. The first kappa shape index (κ1) is 16.1. The van der Waals surface area contributed by atoms with Gasteiger partial charge in [-0.15, -0.1) is 0 Å². The molecule has 1 aliphatic heterocycles. The number of hydrogen-bond donors (Lipinski definition) is 1. The van der Waals surface area contributed by atoms with Gasteiger partial charge in [0.15, 0.2) is 0 Å². The predicted octanol–water partition coefficient (Wildman–Crippen LogP) is 4.45.